The molecule has 0 nitrogen and oxygen atoms in total. The van der Waals surface area contributed by atoms with Gasteiger partial charge >= 0.3 is 0 Å². The predicted molar refractivity (Wildman–Crippen MR) is 41.2 cm³/mol. The van der Waals surface area contributed by atoms with Crippen molar-refractivity contribution in [3.05, 3.63) is 36.5 Å². The highest BCUT2D eigenvalue weighted by atomic mass is 14.1. The Bertz CT molecular complexity index is 161. The molecule has 0 aromatic heterocycles. The summed E-state index contributed by atoms with van der Waals surface area (Å²) in [5.41, 5.74) is 1.36. The van der Waals surface area contributed by atoms with Gasteiger partial charge in [-0.2, -0.15) is 0 Å². The van der Waals surface area contributed by atoms with Gasteiger partial charge in [-0.05, 0) is 12.0 Å². The van der Waals surface area contributed by atoms with Gasteiger partial charge in [-0.15, -0.1) is 0 Å². The normalized spacial score (nSPS) is 24.1. The summed E-state index contributed by atoms with van der Waals surface area (Å²) >= 11 is 0. The van der Waals surface area contributed by atoms with Crippen LogP contribution in [0.2, 0.25) is 0 Å². The second-order valence-corrected chi connectivity index (χ2v) is 2.27. The van der Waals surface area contributed by atoms with Gasteiger partial charge in [-0.25, -0.2) is 0 Å². The molecule has 1 rings (SSSR count). The molecule has 0 amide bonds. The number of hydrogen-bond donors (Lipinski definition) is 0. The largest absolute Gasteiger partial charge is 0.0988 e. The van der Waals surface area contributed by atoms with Crippen molar-refractivity contribution in [2.45, 2.75) is 13.3 Å². The van der Waals surface area contributed by atoms with E-state index in [4.69, 9.17) is 0 Å². The second-order valence-electron chi connectivity index (χ2n) is 2.27. The lowest BCUT2D eigenvalue weighted by Gasteiger charge is -2.04. The third-order valence-electron chi connectivity index (χ3n) is 1.74. The van der Waals surface area contributed by atoms with Crippen molar-refractivity contribution in [3.63, 3.8) is 0 Å². The van der Waals surface area contributed by atoms with Gasteiger partial charge in [-0.1, -0.05) is 37.8 Å². The molecule has 0 aromatic rings. The summed E-state index contributed by atoms with van der Waals surface area (Å²) in [7, 11) is 0. The van der Waals surface area contributed by atoms with E-state index in [1.165, 1.54) is 12.0 Å². The van der Waals surface area contributed by atoms with Crippen LogP contribution in [0.4, 0.5) is 0 Å². The Morgan fingerprint density at radius 2 is 2.56 bits per heavy atom. The highest BCUT2D eigenvalue weighted by Crippen LogP contribution is 2.22. The molecule has 0 N–H and O–H groups in total. The van der Waals surface area contributed by atoms with E-state index in [1.807, 2.05) is 6.08 Å². The van der Waals surface area contributed by atoms with Crippen molar-refractivity contribution in [1.82, 2.24) is 0 Å². The van der Waals surface area contributed by atoms with Crippen molar-refractivity contribution in [2.75, 3.05) is 0 Å². The molecule has 0 heteroatoms. The number of hydrogen-bond acceptors (Lipinski definition) is 0. The molecular weight excluding hydrogens is 108 g/mol. The van der Waals surface area contributed by atoms with E-state index in [0.29, 0.717) is 5.92 Å². The Kier molecular flexibility index (Phi) is 1.88. The Morgan fingerprint density at radius 3 is 3.00 bits per heavy atom. The first-order chi connectivity index (χ1) is 4.38. The molecule has 0 aromatic carbocycles. The van der Waals surface area contributed by atoms with Gasteiger partial charge in [0.1, 0.15) is 0 Å². The molecule has 0 spiro atoms. The molecule has 0 bridgehead atoms. The Balaban J connectivity index is 2.65. The van der Waals surface area contributed by atoms with E-state index in [2.05, 4.69) is 31.7 Å². The molecule has 0 saturated carbocycles. The fraction of sp³-hybridized carbons (Fsp3) is 0.333. The van der Waals surface area contributed by atoms with E-state index in [9.17, 15) is 0 Å². The highest BCUT2D eigenvalue weighted by Gasteiger charge is 2.07. The summed E-state index contributed by atoms with van der Waals surface area (Å²) in [6.45, 7) is 5.92. The maximum Gasteiger partial charge on any atom is 0.00182 e. The van der Waals surface area contributed by atoms with E-state index in [-0.39, 0.29) is 0 Å². The zero-order valence-electron chi connectivity index (χ0n) is 5.80. The lowest BCUT2D eigenvalue weighted by Crippen LogP contribution is -1.91. The molecule has 1 aliphatic rings. The summed E-state index contributed by atoms with van der Waals surface area (Å²) in [5, 5.41) is 0. The zero-order chi connectivity index (χ0) is 6.69. The minimum Gasteiger partial charge on any atom is -0.0988 e. The van der Waals surface area contributed by atoms with Crippen LogP contribution in [0.25, 0.3) is 0 Å². The van der Waals surface area contributed by atoms with Crippen LogP contribution in [0.3, 0.4) is 0 Å². The minimum atomic E-state index is 0.641. The highest BCUT2D eigenvalue weighted by molar-refractivity contribution is 5.33. The average molecular weight is 120 g/mol. The van der Waals surface area contributed by atoms with Crippen LogP contribution in [-0.4, -0.2) is 0 Å². The molecule has 0 radical (unpaired) electrons. The van der Waals surface area contributed by atoms with Crippen molar-refractivity contribution >= 4 is 0 Å². The topological polar surface area (TPSA) is 0 Å². The molecule has 1 atom stereocenters. The molecule has 1 aliphatic carbocycles. The molecule has 9 heavy (non-hydrogen) atoms. The predicted octanol–water partition coefficient (Wildman–Crippen LogP) is 2.69. The lowest BCUT2D eigenvalue weighted by atomic mass is 10.0. The quantitative estimate of drug-likeness (QED) is 0.525. The Morgan fingerprint density at radius 1 is 1.78 bits per heavy atom. The first-order valence-electron chi connectivity index (χ1n) is 3.39. The van der Waals surface area contributed by atoms with Gasteiger partial charge in [0, 0.05) is 5.92 Å². The monoisotopic (exact) mass is 120 g/mol. The van der Waals surface area contributed by atoms with Crippen LogP contribution in [0.5, 0.6) is 0 Å². The third-order valence-corrected chi connectivity index (χ3v) is 1.74. The first kappa shape index (κ1) is 6.34. The fourth-order valence-electron chi connectivity index (χ4n) is 1.13. The third kappa shape index (κ3) is 1.13. The van der Waals surface area contributed by atoms with Crippen molar-refractivity contribution in [3.8, 4) is 0 Å². The second kappa shape index (κ2) is 2.67. The zero-order valence-corrected chi connectivity index (χ0v) is 5.80. The van der Waals surface area contributed by atoms with Crippen LogP contribution < -0.4 is 0 Å². The van der Waals surface area contributed by atoms with Gasteiger partial charge in [-0.3, -0.25) is 0 Å². The molecule has 48 valence electrons. The van der Waals surface area contributed by atoms with Crippen LogP contribution in [0.1, 0.15) is 13.3 Å². The van der Waals surface area contributed by atoms with Gasteiger partial charge in [0.15, 0.2) is 0 Å². The summed E-state index contributed by atoms with van der Waals surface area (Å²) < 4.78 is 0. The fourth-order valence-corrected chi connectivity index (χ4v) is 1.13. The SMILES string of the molecule is C=CC1=CC=CC1CC. The van der Waals surface area contributed by atoms with E-state index >= 15 is 0 Å². The van der Waals surface area contributed by atoms with Crippen molar-refractivity contribution in [2.24, 2.45) is 5.92 Å². The summed E-state index contributed by atoms with van der Waals surface area (Å²) in [5.74, 6) is 0.641. The number of rotatable bonds is 2. The maximum absolute atomic E-state index is 3.73. The lowest BCUT2D eigenvalue weighted by molar-refractivity contribution is 0.756. The van der Waals surface area contributed by atoms with Gasteiger partial charge in [0.2, 0.25) is 0 Å². The smallest absolute Gasteiger partial charge is 0.00182 e. The van der Waals surface area contributed by atoms with Gasteiger partial charge < -0.3 is 0 Å². The summed E-state index contributed by atoms with van der Waals surface area (Å²) in [4.78, 5) is 0. The maximum atomic E-state index is 3.73. The molecule has 0 saturated heterocycles. The van der Waals surface area contributed by atoms with E-state index < -0.39 is 0 Å². The van der Waals surface area contributed by atoms with Gasteiger partial charge in [0.25, 0.3) is 0 Å². The molecule has 0 heterocycles. The Hall–Kier alpha value is -0.780. The van der Waals surface area contributed by atoms with Crippen molar-refractivity contribution in [1.29, 1.82) is 0 Å². The van der Waals surface area contributed by atoms with Crippen LogP contribution >= 0.6 is 0 Å². The van der Waals surface area contributed by atoms with Crippen LogP contribution in [0.15, 0.2) is 36.5 Å². The van der Waals surface area contributed by atoms with Crippen LogP contribution in [0, 0.1) is 5.92 Å². The first-order valence-corrected chi connectivity index (χ1v) is 3.39. The van der Waals surface area contributed by atoms with E-state index in [0.717, 1.165) is 0 Å². The van der Waals surface area contributed by atoms with E-state index in [1.54, 1.807) is 0 Å². The summed E-state index contributed by atoms with van der Waals surface area (Å²) in [6.07, 6.45) is 9.58. The molecule has 0 aliphatic heterocycles. The Labute approximate surface area is 56.6 Å². The average Bonchev–Trinajstić information content (AvgIpc) is 2.33. The summed E-state index contributed by atoms with van der Waals surface area (Å²) in [6, 6.07) is 0. The van der Waals surface area contributed by atoms with Crippen molar-refractivity contribution < 1.29 is 0 Å². The standard InChI is InChI=1S/C9H12/c1-3-8-6-5-7-9(8)4-2/h3,5-7,9H,1,4H2,2H3. The molecule has 1 unspecified atom stereocenters. The molecular formula is C9H12. The van der Waals surface area contributed by atoms with Crippen LogP contribution in [-0.2, 0) is 0 Å². The van der Waals surface area contributed by atoms with Gasteiger partial charge in [0.05, 0.1) is 0 Å². The molecule has 0 fully saturated rings. The number of allylic oxidation sites excluding steroid dienone is 5. The minimum absolute atomic E-state index is 0.641.